The first-order valence-corrected chi connectivity index (χ1v) is 3.42. The Bertz CT molecular complexity index is 90.2. The van der Waals surface area contributed by atoms with Gasteiger partial charge in [-0.3, -0.25) is 5.43 Å². The third-order valence-corrected chi connectivity index (χ3v) is 1.12. The van der Waals surface area contributed by atoms with Crippen molar-refractivity contribution in [2.75, 3.05) is 13.1 Å². The highest BCUT2D eigenvalue weighted by Gasteiger charge is 1.95. The summed E-state index contributed by atoms with van der Waals surface area (Å²) in [5.74, 6) is 0. The van der Waals surface area contributed by atoms with Crippen LogP contribution in [0, 0.1) is 0 Å². The summed E-state index contributed by atoms with van der Waals surface area (Å²) >= 11 is 4.63. The number of nitrogens with one attached hydrogen (secondary N) is 1. The Morgan fingerprint density at radius 2 is 2.00 bits per heavy atom. The fourth-order valence-corrected chi connectivity index (χ4v) is 0.667. The van der Waals surface area contributed by atoms with Crippen LogP contribution in [0.2, 0.25) is 0 Å². The van der Waals surface area contributed by atoms with Crippen LogP contribution in [0.25, 0.3) is 0 Å². The Hall–Kier alpha value is -0.350. The van der Waals surface area contributed by atoms with Gasteiger partial charge in [-0.1, -0.05) is 13.8 Å². The summed E-state index contributed by atoms with van der Waals surface area (Å²) in [6, 6.07) is 0. The monoisotopic (exact) mass is 147 g/mol. The van der Waals surface area contributed by atoms with Crippen LogP contribution in [0.5, 0.6) is 0 Å². The molecule has 54 valence electrons. The van der Waals surface area contributed by atoms with Crippen molar-refractivity contribution in [2.45, 2.75) is 13.8 Å². The lowest BCUT2D eigenvalue weighted by Crippen LogP contribution is -2.44. The summed E-state index contributed by atoms with van der Waals surface area (Å²) < 4.78 is 0. The average Bonchev–Trinajstić information content (AvgIpc) is 1.82. The lowest BCUT2D eigenvalue weighted by atomic mass is 10.6. The largest absolute Gasteiger partial charge is 0.375 e. The van der Waals surface area contributed by atoms with Gasteiger partial charge >= 0.3 is 0 Å². The van der Waals surface area contributed by atoms with Gasteiger partial charge in [-0.2, -0.15) is 0 Å². The van der Waals surface area contributed by atoms with E-state index < -0.39 is 0 Å². The number of hydrogen-bond donors (Lipinski definition) is 2. The van der Waals surface area contributed by atoms with Crippen molar-refractivity contribution in [1.82, 2.24) is 10.4 Å². The molecule has 0 rings (SSSR count). The number of hydrogen-bond acceptors (Lipinski definition) is 2. The highest BCUT2D eigenvalue weighted by molar-refractivity contribution is 7.80. The van der Waals surface area contributed by atoms with Crippen molar-refractivity contribution >= 4 is 17.3 Å². The molecule has 0 unspecified atom stereocenters. The molecular formula is C5H13N3S. The molecule has 0 spiro atoms. The lowest BCUT2D eigenvalue weighted by molar-refractivity contribution is 0.263. The minimum absolute atomic E-state index is 0.332. The Kier molecular flexibility index (Phi) is 4.35. The van der Waals surface area contributed by atoms with Gasteiger partial charge in [0.2, 0.25) is 0 Å². The van der Waals surface area contributed by atoms with Crippen LogP contribution in [-0.2, 0) is 0 Å². The van der Waals surface area contributed by atoms with Crippen molar-refractivity contribution in [1.29, 1.82) is 0 Å². The van der Waals surface area contributed by atoms with Gasteiger partial charge in [-0.25, -0.2) is 5.01 Å². The Morgan fingerprint density at radius 1 is 1.56 bits per heavy atom. The maximum Gasteiger partial charge on any atom is 0.178 e. The molecular weight excluding hydrogens is 134 g/mol. The second-order valence-corrected chi connectivity index (χ2v) is 2.09. The Labute approximate surface area is 61.2 Å². The van der Waals surface area contributed by atoms with Crippen molar-refractivity contribution < 1.29 is 0 Å². The van der Waals surface area contributed by atoms with Gasteiger partial charge in [0, 0.05) is 13.1 Å². The second-order valence-electron chi connectivity index (χ2n) is 1.65. The van der Waals surface area contributed by atoms with Crippen LogP contribution in [0.1, 0.15) is 13.8 Å². The number of thiocarbonyl (C=S) groups is 1. The van der Waals surface area contributed by atoms with Crippen LogP contribution < -0.4 is 11.2 Å². The van der Waals surface area contributed by atoms with Crippen LogP contribution in [0.3, 0.4) is 0 Å². The first kappa shape index (κ1) is 8.65. The molecule has 3 N–H and O–H groups in total. The number of rotatable bonds is 3. The van der Waals surface area contributed by atoms with Crippen molar-refractivity contribution in [2.24, 2.45) is 5.73 Å². The van der Waals surface area contributed by atoms with E-state index in [0.717, 1.165) is 13.1 Å². The molecule has 0 aliphatic rings. The smallest absolute Gasteiger partial charge is 0.178 e. The molecule has 4 heteroatoms. The van der Waals surface area contributed by atoms with Gasteiger partial charge in [-0.15, -0.1) is 0 Å². The van der Waals surface area contributed by atoms with Crippen molar-refractivity contribution in [3.8, 4) is 0 Å². The zero-order valence-corrected chi connectivity index (χ0v) is 6.66. The standard InChI is InChI=1S/C5H13N3S/c1-3-8(4-2)7-5(6)9/h3-4H2,1-2H3,(H3,6,7,9). The average molecular weight is 147 g/mol. The summed E-state index contributed by atoms with van der Waals surface area (Å²) in [7, 11) is 0. The third kappa shape index (κ3) is 4.17. The Morgan fingerprint density at radius 3 is 2.11 bits per heavy atom. The summed E-state index contributed by atoms with van der Waals surface area (Å²) in [6.07, 6.45) is 0. The molecule has 0 saturated carbocycles. The predicted molar refractivity (Wildman–Crippen MR) is 42.8 cm³/mol. The van der Waals surface area contributed by atoms with Gasteiger partial charge in [0.25, 0.3) is 0 Å². The van der Waals surface area contributed by atoms with Crippen molar-refractivity contribution in [3.63, 3.8) is 0 Å². The molecule has 3 nitrogen and oxygen atoms in total. The topological polar surface area (TPSA) is 41.3 Å². The van der Waals surface area contributed by atoms with E-state index in [1.165, 1.54) is 0 Å². The molecule has 0 radical (unpaired) electrons. The summed E-state index contributed by atoms with van der Waals surface area (Å²) in [6.45, 7) is 5.89. The first-order chi connectivity index (χ1) is 4.20. The third-order valence-electron chi connectivity index (χ3n) is 1.03. The lowest BCUT2D eigenvalue weighted by Gasteiger charge is -2.18. The SMILES string of the molecule is CCN(CC)NC(N)=S. The van der Waals surface area contributed by atoms with E-state index in [4.69, 9.17) is 5.73 Å². The molecule has 0 aliphatic carbocycles. The predicted octanol–water partition coefficient (Wildman–Crippen LogP) is 0.0764. The van der Waals surface area contributed by atoms with Gasteiger partial charge in [0.05, 0.1) is 0 Å². The van der Waals surface area contributed by atoms with Crippen LogP contribution in [0.4, 0.5) is 0 Å². The van der Waals surface area contributed by atoms with E-state index in [9.17, 15) is 0 Å². The first-order valence-electron chi connectivity index (χ1n) is 3.01. The van der Waals surface area contributed by atoms with Gasteiger partial charge in [0.15, 0.2) is 5.11 Å². The highest BCUT2D eigenvalue weighted by Crippen LogP contribution is 1.77. The van der Waals surface area contributed by atoms with Crippen LogP contribution in [-0.4, -0.2) is 23.2 Å². The van der Waals surface area contributed by atoms with E-state index in [2.05, 4.69) is 17.6 Å². The number of hydrazine groups is 1. The fourth-order valence-electron chi connectivity index (χ4n) is 0.538. The molecule has 0 heterocycles. The van der Waals surface area contributed by atoms with Crippen LogP contribution >= 0.6 is 12.2 Å². The maximum atomic E-state index is 5.22. The van der Waals surface area contributed by atoms with E-state index in [-0.39, 0.29) is 0 Å². The van der Waals surface area contributed by atoms with Gasteiger partial charge in [0.1, 0.15) is 0 Å². The molecule has 0 fully saturated rings. The van der Waals surface area contributed by atoms with Gasteiger partial charge < -0.3 is 5.73 Å². The Balaban J connectivity index is 3.43. The number of nitrogens with zero attached hydrogens (tertiary/aromatic N) is 1. The molecule has 9 heavy (non-hydrogen) atoms. The van der Waals surface area contributed by atoms with Crippen LogP contribution in [0.15, 0.2) is 0 Å². The molecule has 0 aliphatic heterocycles. The summed E-state index contributed by atoms with van der Waals surface area (Å²) in [4.78, 5) is 0. The molecule has 0 aromatic rings. The fraction of sp³-hybridized carbons (Fsp3) is 0.800. The van der Waals surface area contributed by atoms with E-state index in [1.54, 1.807) is 0 Å². The molecule has 0 atom stereocenters. The molecule has 0 aromatic heterocycles. The minimum atomic E-state index is 0.332. The molecule has 0 bridgehead atoms. The zero-order chi connectivity index (χ0) is 7.28. The van der Waals surface area contributed by atoms with Crippen molar-refractivity contribution in [3.05, 3.63) is 0 Å². The van der Waals surface area contributed by atoms with Gasteiger partial charge in [-0.05, 0) is 12.2 Å². The zero-order valence-electron chi connectivity index (χ0n) is 5.85. The van der Waals surface area contributed by atoms with E-state index in [0.29, 0.717) is 5.11 Å². The minimum Gasteiger partial charge on any atom is -0.375 e. The summed E-state index contributed by atoms with van der Waals surface area (Å²) in [5.41, 5.74) is 8.04. The molecule has 0 aromatic carbocycles. The molecule has 0 saturated heterocycles. The number of nitrogens with two attached hydrogens (primary N) is 1. The quantitative estimate of drug-likeness (QED) is 0.438. The van der Waals surface area contributed by atoms with E-state index >= 15 is 0 Å². The summed E-state index contributed by atoms with van der Waals surface area (Å²) in [5, 5.41) is 2.27. The highest BCUT2D eigenvalue weighted by atomic mass is 32.1. The molecule has 0 amide bonds. The van der Waals surface area contributed by atoms with E-state index in [1.807, 2.05) is 18.9 Å². The normalized spacial score (nSPS) is 9.67. The second kappa shape index (κ2) is 4.52. The maximum absolute atomic E-state index is 5.22.